The van der Waals surface area contributed by atoms with Crippen molar-refractivity contribution in [3.05, 3.63) is 24.0 Å². The summed E-state index contributed by atoms with van der Waals surface area (Å²) in [6.07, 6.45) is 12.8. The summed E-state index contributed by atoms with van der Waals surface area (Å²) >= 11 is 0. The molecule has 84 valence electrons. The lowest BCUT2D eigenvalue weighted by Crippen LogP contribution is -1.97. The molecule has 1 fully saturated rings. The predicted octanol–water partition coefficient (Wildman–Crippen LogP) is 3.49. The van der Waals surface area contributed by atoms with Gasteiger partial charge in [-0.15, -0.1) is 0 Å². The Morgan fingerprint density at radius 2 is 1.94 bits per heavy atom. The Labute approximate surface area is 95.6 Å². The van der Waals surface area contributed by atoms with Gasteiger partial charge in [0, 0.05) is 6.20 Å². The van der Waals surface area contributed by atoms with Crippen molar-refractivity contribution in [3.8, 4) is 0 Å². The van der Waals surface area contributed by atoms with Crippen LogP contribution in [0.4, 0.5) is 5.69 Å². The molecule has 0 atom stereocenters. The molecule has 0 unspecified atom stereocenters. The van der Waals surface area contributed by atoms with Gasteiger partial charge in [0.15, 0.2) is 0 Å². The molecular formula is C13H16N2O. The topological polar surface area (TPSA) is 42.3 Å². The van der Waals surface area contributed by atoms with Crippen molar-refractivity contribution >= 4 is 11.8 Å². The van der Waals surface area contributed by atoms with Gasteiger partial charge in [0.1, 0.15) is 0 Å². The zero-order chi connectivity index (χ0) is 11.2. The van der Waals surface area contributed by atoms with E-state index in [1.165, 1.54) is 44.1 Å². The van der Waals surface area contributed by atoms with Crippen LogP contribution in [0.2, 0.25) is 0 Å². The minimum atomic E-state index is 0.594. The zero-order valence-corrected chi connectivity index (χ0v) is 9.35. The van der Waals surface area contributed by atoms with E-state index in [0.717, 1.165) is 0 Å². The van der Waals surface area contributed by atoms with Gasteiger partial charge < -0.3 is 0 Å². The molecular weight excluding hydrogens is 200 g/mol. The van der Waals surface area contributed by atoms with Crippen molar-refractivity contribution in [1.82, 2.24) is 4.98 Å². The quantitative estimate of drug-likeness (QED) is 0.431. The van der Waals surface area contributed by atoms with E-state index in [-0.39, 0.29) is 0 Å². The molecule has 0 aliphatic heterocycles. The Kier molecular flexibility index (Phi) is 3.84. The minimum absolute atomic E-state index is 0.594. The second-order valence-electron chi connectivity index (χ2n) is 4.37. The Balaban J connectivity index is 2.17. The third-order valence-corrected chi connectivity index (χ3v) is 3.25. The van der Waals surface area contributed by atoms with Gasteiger partial charge in [0.25, 0.3) is 0 Å². The molecule has 1 aromatic heterocycles. The summed E-state index contributed by atoms with van der Waals surface area (Å²) in [4.78, 5) is 18.0. The van der Waals surface area contributed by atoms with E-state index in [1.807, 2.05) is 12.3 Å². The maximum absolute atomic E-state index is 10.2. The highest BCUT2D eigenvalue weighted by Crippen LogP contribution is 2.32. The van der Waals surface area contributed by atoms with Crippen LogP contribution in [0, 0.1) is 0 Å². The van der Waals surface area contributed by atoms with Gasteiger partial charge in [0.2, 0.25) is 6.08 Å². The van der Waals surface area contributed by atoms with E-state index in [1.54, 1.807) is 12.3 Å². The van der Waals surface area contributed by atoms with E-state index < -0.39 is 0 Å². The number of carbonyl (C=O) groups excluding carboxylic acids is 1. The molecule has 3 heteroatoms. The summed E-state index contributed by atoms with van der Waals surface area (Å²) in [5.74, 6) is 0.594. The van der Waals surface area contributed by atoms with Crippen molar-refractivity contribution in [2.75, 3.05) is 0 Å². The first kappa shape index (κ1) is 11.0. The SMILES string of the molecule is O=C=Nc1cncc(C2CCCCCC2)c1. The number of hydrogen-bond acceptors (Lipinski definition) is 3. The van der Waals surface area contributed by atoms with Crippen LogP contribution in [-0.2, 0) is 4.79 Å². The van der Waals surface area contributed by atoms with E-state index >= 15 is 0 Å². The summed E-state index contributed by atoms with van der Waals surface area (Å²) in [5.41, 5.74) is 1.84. The Hall–Kier alpha value is -1.47. The fourth-order valence-electron chi connectivity index (χ4n) is 2.39. The summed E-state index contributed by atoms with van der Waals surface area (Å²) in [6, 6.07) is 1.97. The molecule has 1 aliphatic rings. The first-order valence-corrected chi connectivity index (χ1v) is 5.93. The molecule has 2 rings (SSSR count). The lowest BCUT2D eigenvalue weighted by molar-refractivity contribution is 0.565. The molecule has 1 aliphatic carbocycles. The average molecular weight is 216 g/mol. The second-order valence-corrected chi connectivity index (χ2v) is 4.37. The van der Waals surface area contributed by atoms with Crippen molar-refractivity contribution in [2.45, 2.75) is 44.4 Å². The van der Waals surface area contributed by atoms with Crippen LogP contribution in [0.15, 0.2) is 23.5 Å². The third kappa shape index (κ3) is 2.77. The first-order chi connectivity index (χ1) is 7.90. The van der Waals surface area contributed by atoms with Crippen LogP contribution in [0.25, 0.3) is 0 Å². The van der Waals surface area contributed by atoms with Gasteiger partial charge >= 0.3 is 0 Å². The van der Waals surface area contributed by atoms with Gasteiger partial charge in [-0.05, 0) is 30.4 Å². The van der Waals surface area contributed by atoms with Crippen molar-refractivity contribution in [2.24, 2.45) is 4.99 Å². The Morgan fingerprint density at radius 1 is 1.19 bits per heavy atom. The number of isocyanates is 1. The number of rotatable bonds is 2. The summed E-state index contributed by atoms with van der Waals surface area (Å²) in [7, 11) is 0. The summed E-state index contributed by atoms with van der Waals surface area (Å²) in [6.45, 7) is 0. The smallest absolute Gasteiger partial charge is 0.240 e. The highest BCUT2D eigenvalue weighted by molar-refractivity contribution is 5.48. The van der Waals surface area contributed by atoms with E-state index in [0.29, 0.717) is 11.6 Å². The highest BCUT2D eigenvalue weighted by atomic mass is 16.1. The van der Waals surface area contributed by atoms with Gasteiger partial charge in [-0.25, -0.2) is 4.79 Å². The maximum Gasteiger partial charge on any atom is 0.240 e. The van der Waals surface area contributed by atoms with E-state index in [2.05, 4.69) is 9.98 Å². The summed E-state index contributed by atoms with van der Waals surface area (Å²) < 4.78 is 0. The molecule has 0 spiro atoms. The largest absolute Gasteiger partial charge is 0.262 e. The predicted molar refractivity (Wildman–Crippen MR) is 62.5 cm³/mol. The van der Waals surface area contributed by atoms with Gasteiger partial charge in [-0.1, -0.05) is 25.7 Å². The average Bonchev–Trinajstić information content (AvgIpc) is 2.58. The van der Waals surface area contributed by atoms with Crippen LogP contribution >= 0.6 is 0 Å². The Bertz CT molecular complexity index is 389. The van der Waals surface area contributed by atoms with Gasteiger partial charge in [-0.2, -0.15) is 4.99 Å². The molecule has 1 saturated carbocycles. The number of nitrogens with zero attached hydrogens (tertiary/aromatic N) is 2. The number of aliphatic imine (C=N–C) groups is 1. The van der Waals surface area contributed by atoms with Crippen LogP contribution in [-0.4, -0.2) is 11.1 Å². The normalized spacial score (nSPS) is 17.5. The molecule has 0 N–H and O–H groups in total. The maximum atomic E-state index is 10.2. The number of pyridine rings is 1. The van der Waals surface area contributed by atoms with Crippen molar-refractivity contribution < 1.29 is 4.79 Å². The zero-order valence-electron chi connectivity index (χ0n) is 9.35. The molecule has 1 aromatic rings. The van der Waals surface area contributed by atoms with E-state index in [4.69, 9.17) is 0 Å². The van der Waals surface area contributed by atoms with E-state index in [9.17, 15) is 4.79 Å². The molecule has 0 radical (unpaired) electrons. The van der Waals surface area contributed by atoms with Crippen molar-refractivity contribution in [3.63, 3.8) is 0 Å². The fourth-order valence-corrected chi connectivity index (χ4v) is 2.39. The summed E-state index contributed by atoms with van der Waals surface area (Å²) in [5, 5.41) is 0. The van der Waals surface area contributed by atoms with Crippen LogP contribution in [0.1, 0.15) is 50.0 Å². The minimum Gasteiger partial charge on any atom is -0.262 e. The Morgan fingerprint density at radius 3 is 2.62 bits per heavy atom. The molecule has 1 heterocycles. The molecule has 16 heavy (non-hydrogen) atoms. The van der Waals surface area contributed by atoms with Crippen LogP contribution < -0.4 is 0 Å². The van der Waals surface area contributed by atoms with Gasteiger partial charge in [-0.3, -0.25) is 4.98 Å². The molecule has 0 amide bonds. The standard InChI is InChI=1S/C13H16N2O/c16-10-15-13-7-12(8-14-9-13)11-5-3-1-2-4-6-11/h7-9,11H,1-6H2. The van der Waals surface area contributed by atoms with Gasteiger partial charge in [0.05, 0.1) is 11.9 Å². The molecule has 3 nitrogen and oxygen atoms in total. The number of aromatic nitrogens is 1. The second kappa shape index (κ2) is 5.57. The molecule has 0 aromatic carbocycles. The van der Waals surface area contributed by atoms with Crippen LogP contribution in [0.5, 0.6) is 0 Å². The van der Waals surface area contributed by atoms with Crippen molar-refractivity contribution in [1.29, 1.82) is 0 Å². The lowest BCUT2D eigenvalue weighted by Gasteiger charge is -2.13. The number of hydrogen-bond donors (Lipinski definition) is 0. The monoisotopic (exact) mass is 216 g/mol. The van der Waals surface area contributed by atoms with Crippen LogP contribution in [0.3, 0.4) is 0 Å². The first-order valence-electron chi connectivity index (χ1n) is 5.93. The lowest BCUT2D eigenvalue weighted by atomic mass is 9.93. The third-order valence-electron chi connectivity index (χ3n) is 3.25. The molecule has 0 saturated heterocycles. The molecule has 0 bridgehead atoms. The fraction of sp³-hybridized carbons (Fsp3) is 0.538. The highest BCUT2D eigenvalue weighted by Gasteiger charge is 2.14.